The topological polar surface area (TPSA) is 86.3 Å². The van der Waals surface area contributed by atoms with Crippen LogP contribution in [0.3, 0.4) is 0 Å². The van der Waals surface area contributed by atoms with E-state index < -0.39 is 16.9 Å². The minimum Gasteiger partial charge on any atom is -0.871 e. The average Bonchev–Trinajstić information content (AvgIpc) is 2.29. The minimum absolute atomic E-state index is 0. The van der Waals surface area contributed by atoms with Crippen LogP contribution < -0.4 is 45.0 Å². The van der Waals surface area contributed by atoms with Gasteiger partial charge in [0.2, 0.25) is 0 Å². The molecule has 0 aliphatic heterocycles. The molecule has 0 saturated carbocycles. The van der Waals surface area contributed by atoms with Gasteiger partial charge in [-0.25, -0.2) is 4.79 Å². The third kappa shape index (κ3) is 2.29. The molecule has 0 N–H and O–H groups in total. The first kappa shape index (κ1) is 13.6. The molecule has 0 aliphatic rings. The molecule has 0 unspecified atom stereocenters. The van der Waals surface area contributed by atoms with Gasteiger partial charge in [0.15, 0.2) is 0 Å². The summed E-state index contributed by atoms with van der Waals surface area (Å²) in [5, 5.41) is 20.5. The summed E-state index contributed by atoms with van der Waals surface area (Å²) in [7, 11) is 1.45. The maximum Gasteiger partial charge on any atom is 1.00 e. The van der Waals surface area contributed by atoms with Gasteiger partial charge >= 0.3 is 35.2 Å². The molecule has 6 heteroatoms. The van der Waals surface area contributed by atoms with Crippen molar-refractivity contribution in [3.8, 4) is 17.6 Å². The second kappa shape index (κ2) is 5.23. The van der Waals surface area contributed by atoms with E-state index in [0.717, 1.165) is 0 Å². The Morgan fingerprint density at radius 1 is 1.47 bits per heavy atom. The number of rotatable bonds is 1. The van der Waals surface area contributed by atoms with Crippen molar-refractivity contribution in [1.29, 1.82) is 5.26 Å². The molecular weight excluding hydrogens is 233 g/mol. The van der Waals surface area contributed by atoms with E-state index in [2.05, 4.69) is 0 Å². The Hall–Kier alpha value is -1.48. The molecule has 0 spiro atoms. The third-order valence-corrected chi connectivity index (χ3v) is 2.18. The molecule has 0 bridgehead atoms. The number of ether oxygens (including phenoxy) is 1. The van der Waals surface area contributed by atoms with Gasteiger partial charge in [-0.2, -0.15) is 5.26 Å². The zero-order chi connectivity index (χ0) is 11.7. The maximum absolute atomic E-state index is 11.7. The standard InChI is InChI=1S/C11H7NO4.Na/c1-15-6-2-3-9-7(4-6)10(13)8(5-12)11(14)16-9;/h2-4,13H,1H3;/q;+1/p-1. The van der Waals surface area contributed by atoms with Gasteiger partial charge in [-0.05, 0) is 18.2 Å². The van der Waals surface area contributed by atoms with E-state index in [0.29, 0.717) is 5.75 Å². The SMILES string of the molecule is COc1ccc2oc(=O)c(C#N)c([O-])c2c1.[Na+]. The van der Waals surface area contributed by atoms with Crippen molar-refractivity contribution in [2.24, 2.45) is 0 Å². The van der Waals surface area contributed by atoms with Gasteiger partial charge in [0, 0.05) is 5.39 Å². The summed E-state index contributed by atoms with van der Waals surface area (Å²) >= 11 is 0. The zero-order valence-corrected chi connectivity index (χ0v) is 11.3. The molecule has 0 amide bonds. The predicted octanol–water partition coefficient (Wildman–Crippen LogP) is -2.25. The number of nitrogens with zero attached hydrogens (tertiary/aromatic N) is 1. The van der Waals surface area contributed by atoms with Crippen LogP contribution in [-0.2, 0) is 0 Å². The molecule has 0 saturated heterocycles. The summed E-state index contributed by atoms with van der Waals surface area (Å²) in [6, 6.07) is 5.99. The first-order valence-electron chi connectivity index (χ1n) is 4.39. The Labute approximate surface area is 119 Å². The summed E-state index contributed by atoms with van der Waals surface area (Å²) in [6.07, 6.45) is 0. The summed E-state index contributed by atoms with van der Waals surface area (Å²) in [6.45, 7) is 0. The van der Waals surface area contributed by atoms with Gasteiger partial charge in [-0.15, -0.1) is 0 Å². The third-order valence-electron chi connectivity index (χ3n) is 2.18. The molecule has 0 aliphatic carbocycles. The van der Waals surface area contributed by atoms with E-state index in [1.54, 1.807) is 6.07 Å². The van der Waals surface area contributed by atoms with Crippen molar-refractivity contribution in [3.05, 3.63) is 34.2 Å². The van der Waals surface area contributed by atoms with E-state index >= 15 is 0 Å². The molecule has 80 valence electrons. The molecule has 0 atom stereocenters. The summed E-state index contributed by atoms with van der Waals surface area (Å²) in [4.78, 5) is 11.2. The first-order valence-corrected chi connectivity index (χ1v) is 4.39. The van der Waals surface area contributed by atoms with Crippen LogP contribution in [0.4, 0.5) is 0 Å². The number of nitriles is 1. The van der Waals surface area contributed by atoms with Crippen molar-refractivity contribution in [3.63, 3.8) is 0 Å². The van der Waals surface area contributed by atoms with Gasteiger partial charge in [0.1, 0.15) is 23.0 Å². The number of methoxy groups -OCH3 is 1. The van der Waals surface area contributed by atoms with Crippen molar-refractivity contribution in [2.75, 3.05) is 7.11 Å². The van der Waals surface area contributed by atoms with Gasteiger partial charge in [0.25, 0.3) is 0 Å². The van der Waals surface area contributed by atoms with Crippen LogP contribution in [0, 0.1) is 11.3 Å². The monoisotopic (exact) mass is 239 g/mol. The number of fused-ring (bicyclic) bond motifs is 1. The van der Waals surface area contributed by atoms with Crippen LogP contribution in [0.25, 0.3) is 11.0 Å². The van der Waals surface area contributed by atoms with Gasteiger partial charge < -0.3 is 14.3 Å². The van der Waals surface area contributed by atoms with Gasteiger partial charge in [-0.3, -0.25) is 0 Å². The fourth-order valence-corrected chi connectivity index (χ4v) is 1.38. The van der Waals surface area contributed by atoms with E-state index in [1.165, 1.54) is 25.3 Å². The Bertz CT molecular complexity index is 657. The molecule has 0 radical (unpaired) electrons. The summed E-state index contributed by atoms with van der Waals surface area (Å²) < 4.78 is 9.77. The molecule has 2 rings (SSSR count). The van der Waals surface area contributed by atoms with Crippen molar-refractivity contribution in [1.82, 2.24) is 0 Å². The molecule has 1 heterocycles. The van der Waals surface area contributed by atoms with Gasteiger partial charge in [-0.1, -0.05) is 5.75 Å². The van der Waals surface area contributed by atoms with E-state index in [-0.39, 0.29) is 40.5 Å². The van der Waals surface area contributed by atoms with Crippen molar-refractivity contribution >= 4 is 11.0 Å². The molecule has 0 fully saturated rings. The molecule has 5 nitrogen and oxygen atoms in total. The second-order valence-corrected chi connectivity index (χ2v) is 3.07. The normalized spacial score (nSPS) is 9.41. The van der Waals surface area contributed by atoms with Crippen molar-refractivity contribution in [2.45, 2.75) is 0 Å². The quantitative estimate of drug-likeness (QED) is 0.414. The molecule has 1 aromatic carbocycles. The summed E-state index contributed by atoms with van der Waals surface area (Å²) in [5.74, 6) is -0.171. The smallest absolute Gasteiger partial charge is 0.871 e. The van der Waals surface area contributed by atoms with Crippen LogP contribution in [0.15, 0.2) is 27.4 Å². The Morgan fingerprint density at radius 3 is 2.76 bits per heavy atom. The van der Waals surface area contributed by atoms with Crippen LogP contribution in [0.1, 0.15) is 5.56 Å². The Kier molecular flexibility index (Phi) is 4.18. The van der Waals surface area contributed by atoms with Crippen LogP contribution in [0.2, 0.25) is 0 Å². The number of hydrogen-bond donors (Lipinski definition) is 0. The van der Waals surface area contributed by atoms with E-state index in [4.69, 9.17) is 14.4 Å². The van der Waals surface area contributed by atoms with E-state index in [1.807, 2.05) is 0 Å². The first-order chi connectivity index (χ1) is 7.67. The molecule has 2 aromatic rings. The van der Waals surface area contributed by atoms with Crippen molar-refractivity contribution < 1.29 is 43.8 Å². The van der Waals surface area contributed by atoms with Crippen LogP contribution >= 0.6 is 0 Å². The largest absolute Gasteiger partial charge is 1.00 e. The van der Waals surface area contributed by atoms with Crippen LogP contribution in [-0.4, -0.2) is 7.11 Å². The summed E-state index contributed by atoms with van der Waals surface area (Å²) in [5.41, 5.74) is -1.28. The van der Waals surface area contributed by atoms with Gasteiger partial charge in [0.05, 0.1) is 7.11 Å². The minimum atomic E-state index is -0.912. The average molecular weight is 239 g/mol. The predicted molar refractivity (Wildman–Crippen MR) is 53.2 cm³/mol. The fourth-order valence-electron chi connectivity index (χ4n) is 1.38. The van der Waals surface area contributed by atoms with E-state index in [9.17, 15) is 9.90 Å². The molecular formula is C11H6NNaO4. The fraction of sp³-hybridized carbons (Fsp3) is 0.0909. The Balaban J connectivity index is 0.00000144. The van der Waals surface area contributed by atoms with Crippen LogP contribution in [0.5, 0.6) is 11.5 Å². The molecule has 17 heavy (non-hydrogen) atoms. The zero-order valence-electron chi connectivity index (χ0n) is 9.31. The maximum atomic E-state index is 11.7. The Morgan fingerprint density at radius 2 is 2.18 bits per heavy atom. The number of benzene rings is 1. The number of hydrogen-bond acceptors (Lipinski definition) is 5. The molecule has 1 aromatic heterocycles. The second-order valence-electron chi connectivity index (χ2n) is 3.07.